The minimum atomic E-state index is 0.101. The second-order valence-electron chi connectivity index (χ2n) is 8.80. The Labute approximate surface area is 191 Å². The molecule has 8 heteroatoms. The molecule has 0 unspecified atom stereocenters. The molecule has 0 saturated carbocycles. The van der Waals surface area contributed by atoms with Crippen LogP contribution in [0.1, 0.15) is 35.2 Å². The van der Waals surface area contributed by atoms with E-state index in [0.717, 1.165) is 86.5 Å². The lowest BCUT2D eigenvalue weighted by Gasteiger charge is -2.25. The van der Waals surface area contributed by atoms with Crippen molar-refractivity contribution in [3.8, 4) is 0 Å². The van der Waals surface area contributed by atoms with E-state index in [2.05, 4.69) is 28.4 Å². The van der Waals surface area contributed by atoms with Gasteiger partial charge in [0.25, 0.3) is 0 Å². The Hall–Kier alpha value is -2.55. The number of benzene rings is 1. The molecular formula is C24H27N5O2S. The fourth-order valence-corrected chi connectivity index (χ4v) is 6.38. The normalized spacial score (nSPS) is 18.2. The molecule has 4 heterocycles. The van der Waals surface area contributed by atoms with Gasteiger partial charge in [0.05, 0.1) is 25.1 Å². The summed E-state index contributed by atoms with van der Waals surface area (Å²) < 4.78 is 5.49. The minimum absolute atomic E-state index is 0.101. The van der Waals surface area contributed by atoms with Crippen LogP contribution in [0.15, 0.2) is 18.2 Å². The van der Waals surface area contributed by atoms with E-state index in [1.54, 1.807) is 6.92 Å². The average Bonchev–Trinajstić information content (AvgIpc) is 3.48. The Morgan fingerprint density at radius 3 is 2.88 bits per heavy atom. The number of anilines is 3. The smallest absolute Gasteiger partial charge is 0.223 e. The van der Waals surface area contributed by atoms with Gasteiger partial charge in [-0.1, -0.05) is 0 Å². The van der Waals surface area contributed by atoms with Crippen LogP contribution in [-0.4, -0.2) is 53.6 Å². The Morgan fingerprint density at radius 2 is 2.03 bits per heavy atom. The van der Waals surface area contributed by atoms with E-state index in [0.29, 0.717) is 0 Å². The molecule has 2 aliphatic heterocycles. The average molecular weight is 450 g/mol. The number of hydrogen-bond donors (Lipinski definition) is 1. The van der Waals surface area contributed by atoms with Crippen molar-refractivity contribution in [3.05, 3.63) is 40.0 Å². The first-order valence-electron chi connectivity index (χ1n) is 11.4. The quantitative estimate of drug-likeness (QED) is 0.656. The summed E-state index contributed by atoms with van der Waals surface area (Å²) in [7, 11) is 0. The zero-order chi connectivity index (χ0) is 21.7. The van der Waals surface area contributed by atoms with E-state index in [-0.39, 0.29) is 5.91 Å². The van der Waals surface area contributed by atoms with Crippen molar-refractivity contribution in [2.75, 3.05) is 43.1 Å². The van der Waals surface area contributed by atoms with Gasteiger partial charge in [-0.15, -0.1) is 11.3 Å². The van der Waals surface area contributed by atoms with Gasteiger partial charge in [-0.3, -0.25) is 9.69 Å². The predicted molar refractivity (Wildman–Crippen MR) is 127 cm³/mol. The van der Waals surface area contributed by atoms with Crippen LogP contribution in [-0.2, 0) is 35.3 Å². The van der Waals surface area contributed by atoms with Crippen molar-refractivity contribution in [3.63, 3.8) is 0 Å². The van der Waals surface area contributed by atoms with E-state index < -0.39 is 0 Å². The molecule has 0 atom stereocenters. The van der Waals surface area contributed by atoms with Crippen molar-refractivity contribution in [2.24, 2.45) is 0 Å². The number of carbonyl (C=O) groups excluding carboxylic acids is 1. The lowest BCUT2D eigenvalue weighted by molar-refractivity contribution is -0.116. The highest BCUT2D eigenvalue weighted by atomic mass is 32.1. The summed E-state index contributed by atoms with van der Waals surface area (Å²) in [6.45, 7) is 6.51. The molecule has 0 spiro atoms. The number of fused-ring (bicyclic) bond motifs is 4. The van der Waals surface area contributed by atoms with Gasteiger partial charge in [-0.2, -0.15) is 0 Å². The maximum atomic E-state index is 11.9. The number of morpholine rings is 1. The molecular weight excluding hydrogens is 422 g/mol. The van der Waals surface area contributed by atoms with Crippen molar-refractivity contribution in [1.82, 2.24) is 14.9 Å². The summed E-state index contributed by atoms with van der Waals surface area (Å²) in [4.78, 5) is 28.7. The van der Waals surface area contributed by atoms with Gasteiger partial charge >= 0.3 is 0 Å². The van der Waals surface area contributed by atoms with E-state index in [1.165, 1.54) is 27.8 Å². The van der Waals surface area contributed by atoms with Crippen LogP contribution in [0.25, 0.3) is 10.2 Å². The van der Waals surface area contributed by atoms with Crippen LogP contribution in [0.4, 0.5) is 17.2 Å². The van der Waals surface area contributed by atoms with Gasteiger partial charge in [0.2, 0.25) is 5.91 Å². The van der Waals surface area contributed by atoms with Crippen LogP contribution < -0.4 is 10.2 Å². The van der Waals surface area contributed by atoms with Gasteiger partial charge in [-0.25, -0.2) is 9.97 Å². The van der Waals surface area contributed by atoms with Crippen molar-refractivity contribution in [1.29, 1.82) is 0 Å². The monoisotopic (exact) mass is 449 g/mol. The predicted octanol–water partition coefficient (Wildman–Crippen LogP) is 3.66. The van der Waals surface area contributed by atoms with Crippen molar-refractivity contribution in [2.45, 2.75) is 39.2 Å². The molecule has 1 aromatic carbocycles. The van der Waals surface area contributed by atoms with Crippen molar-refractivity contribution < 1.29 is 9.53 Å². The third kappa shape index (κ3) is 3.56. The van der Waals surface area contributed by atoms with Crippen LogP contribution in [0.3, 0.4) is 0 Å². The molecule has 1 aliphatic carbocycles. The second kappa shape index (κ2) is 8.10. The molecule has 1 fully saturated rings. The van der Waals surface area contributed by atoms with Crippen molar-refractivity contribution >= 4 is 44.7 Å². The lowest BCUT2D eigenvalue weighted by atomic mass is 10.1. The molecule has 166 valence electrons. The van der Waals surface area contributed by atoms with E-state index in [1.807, 2.05) is 16.2 Å². The number of aryl methyl sites for hydroxylation is 2. The number of carbonyl (C=O) groups is 1. The number of nitrogens with one attached hydrogen (secondary N) is 1. The largest absolute Gasteiger partial charge is 0.379 e. The maximum absolute atomic E-state index is 11.9. The first-order chi connectivity index (χ1) is 15.7. The molecule has 1 N–H and O–H groups in total. The Morgan fingerprint density at radius 1 is 1.16 bits per heavy atom. The van der Waals surface area contributed by atoms with E-state index in [4.69, 9.17) is 14.7 Å². The van der Waals surface area contributed by atoms with Crippen LogP contribution in [0.2, 0.25) is 0 Å². The first-order valence-corrected chi connectivity index (χ1v) is 12.3. The zero-order valence-electron chi connectivity index (χ0n) is 18.3. The SMILES string of the molecule is CC(=O)N1CCc2cc(Nc3nc(CN4CCOCC4)nc4sc5c(c34)CCC5)ccc21. The number of hydrogen-bond acceptors (Lipinski definition) is 7. The molecule has 2 aromatic heterocycles. The zero-order valence-corrected chi connectivity index (χ0v) is 19.1. The summed E-state index contributed by atoms with van der Waals surface area (Å²) in [6.07, 6.45) is 4.35. The highest BCUT2D eigenvalue weighted by Crippen LogP contribution is 2.41. The number of rotatable bonds is 4. The number of amides is 1. The molecule has 1 amide bonds. The van der Waals surface area contributed by atoms with Crippen LogP contribution in [0.5, 0.6) is 0 Å². The lowest BCUT2D eigenvalue weighted by Crippen LogP contribution is -2.36. The fraction of sp³-hybridized carbons (Fsp3) is 0.458. The third-order valence-corrected chi connectivity index (χ3v) is 7.88. The molecule has 1 saturated heterocycles. The first kappa shape index (κ1) is 20.1. The highest BCUT2D eigenvalue weighted by molar-refractivity contribution is 7.19. The Bertz CT molecular complexity index is 1200. The maximum Gasteiger partial charge on any atom is 0.223 e. The second-order valence-corrected chi connectivity index (χ2v) is 9.89. The standard InChI is InChI=1S/C24H27N5O2S/c1-15(30)29-8-7-16-13-17(5-6-19(16)29)25-23-22-18-3-2-4-20(18)32-24(22)27-21(26-23)14-28-9-11-31-12-10-28/h5-6,13H,2-4,7-12,14H2,1H3,(H,25,26,27). The topological polar surface area (TPSA) is 70.6 Å². The fourth-order valence-electron chi connectivity index (χ4n) is 5.10. The number of thiophene rings is 1. The highest BCUT2D eigenvalue weighted by Gasteiger charge is 2.25. The summed E-state index contributed by atoms with van der Waals surface area (Å²) in [6, 6.07) is 6.28. The number of aromatic nitrogens is 2. The van der Waals surface area contributed by atoms with Gasteiger partial charge in [-0.05, 0) is 55.0 Å². The Balaban J connectivity index is 1.36. The number of ether oxygens (including phenoxy) is 1. The van der Waals surface area contributed by atoms with Crippen LogP contribution in [0, 0.1) is 0 Å². The van der Waals surface area contributed by atoms with Gasteiger partial charge < -0.3 is 15.0 Å². The molecule has 3 aliphatic rings. The summed E-state index contributed by atoms with van der Waals surface area (Å²) in [5.41, 5.74) is 4.68. The third-order valence-electron chi connectivity index (χ3n) is 6.70. The van der Waals surface area contributed by atoms with Gasteiger partial charge in [0.1, 0.15) is 16.5 Å². The molecule has 7 nitrogen and oxygen atoms in total. The molecule has 3 aromatic rings. The molecule has 0 bridgehead atoms. The summed E-state index contributed by atoms with van der Waals surface area (Å²) in [5.74, 6) is 1.88. The minimum Gasteiger partial charge on any atom is -0.379 e. The van der Waals surface area contributed by atoms with Gasteiger partial charge in [0.15, 0.2) is 0 Å². The number of nitrogens with zero attached hydrogens (tertiary/aromatic N) is 4. The molecule has 32 heavy (non-hydrogen) atoms. The molecule has 6 rings (SSSR count). The van der Waals surface area contributed by atoms with Gasteiger partial charge in [0, 0.05) is 42.8 Å². The molecule has 0 radical (unpaired) electrons. The van der Waals surface area contributed by atoms with E-state index in [9.17, 15) is 4.79 Å². The van der Waals surface area contributed by atoms with Crippen LogP contribution >= 0.6 is 11.3 Å². The van der Waals surface area contributed by atoms with E-state index >= 15 is 0 Å². The summed E-state index contributed by atoms with van der Waals surface area (Å²) in [5, 5.41) is 4.82. The Kier molecular flexibility index (Phi) is 5.08. The summed E-state index contributed by atoms with van der Waals surface area (Å²) >= 11 is 1.83.